The van der Waals surface area contributed by atoms with Crippen LogP contribution in [-0.2, 0) is 0 Å². The lowest BCUT2D eigenvalue weighted by molar-refractivity contribution is 0.770. The standard InChI is InChI=1S/C5H12BS/c1-2-3-4-5-6-7/h7H,2-5H2,1H3. The number of hydrogen-bond donors (Lipinski definition) is 1. The zero-order valence-corrected chi connectivity index (χ0v) is 5.75. The van der Waals surface area contributed by atoms with Crippen molar-refractivity contribution in [1.82, 2.24) is 0 Å². The van der Waals surface area contributed by atoms with Crippen LogP contribution in [-0.4, -0.2) is 6.56 Å². The van der Waals surface area contributed by atoms with Crippen LogP contribution in [0.3, 0.4) is 0 Å². The van der Waals surface area contributed by atoms with Gasteiger partial charge in [0.15, 0.2) is 6.56 Å². The van der Waals surface area contributed by atoms with Crippen LogP contribution >= 0.6 is 12.5 Å². The minimum absolute atomic E-state index is 1.16. The Bertz CT molecular complexity index is 27.3. The number of rotatable bonds is 4. The highest BCUT2D eigenvalue weighted by atomic mass is 32.1. The van der Waals surface area contributed by atoms with Gasteiger partial charge in [-0.1, -0.05) is 32.5 Å². The van der Waals surface area contributed by atoms with E-state index in [2.05, 4.69) is 19.4 Å². The molecule has 0 heterocycles. The van der Waals surface area contributed by atoms with Gasteiger partial charge in [0.1, 0.15) is 0 Å². The van der Waals surface area contributed by atoms with Crippen molar-refractivity contribution in [3.05, 3.63) is 0 Å². The van der Waals surface area contributed by atoms with Crippen LogP contribution in [0.2, 0.25) is 6.32 Å². The predicted molar refractivity (Wildman–Crippen MR) is 39.1 cm³/mol. The molecule has 0 aliphatic carbocycles. The maximum Gasteiger partial charge on any atom is 0.187 e. The SMILES string of the molecule is CCCCC[B]S. The van der Waals surface area contributed by atoms with Gasteiger partial charge in [-0.15, -0.1) is 0 Å². The van der Waals surface area contributed by atoms with Crippen molar-refractivity contribution in [1.29, 1.82) is 0 Å². The molecule has 0 aromatic carbocycles. The summed E-state index contributed by atoms with van der Waals surface area (Å²) in [4.78, 5) is 0. The van der Waals surface area contributed by atoms with Crippen LogP contribution in [0.25, 0.3) is 0 Å². The highest BCUT2D eigenvalue weighted by molar-refractivity contribution is 8.06. The molecule has 0 N–H and O–H groups in total. The van der Waals surface area contributed by atoms with Gasteiger partial charge >= 0.3 is 0 Å². The van der Waals surface area contributed by atoms with E-state index in [0.29, 0.717) is 0 Å². The molecule has 0 saturated carbocycles. The van der Waals surface area contributed by atoms with Gasteiger partial charge in [0.05, 0.1) is 0 Å². The first-order valence-electron chi connectivity index (χ1n) is 2.87. The Balaban J connectivity index is 2.45. The molecule has 0 nitrogen and oxygen atoms in total. The summed E-state index contributed by atoms with van der Waals surface area (Å²) < 4.78 is 0. The van der Waals surface area contributed by atoms with Crippen LogP contribution in [0.5, 0.6) is 0 Å². The van der Waals surface area contributed by atoms with Crippen LogP contribution < -0.4 is 0 Å². The van der Waals surface area contributed by atoms with Gasteiger partial charge in [-0.25, -0.2) is 12.5 Å². The maximum atomic E-state index is 3.97. The molecule has 0 aromatic heterocycles. The molecule has 0 aromatic rings. The molecule has 41 valence electrons. The van der Waals surface area contributed by atoms with Crippen molar-refractivity contribution in [3.8, 4) is 0 Å². The molecule has 2 heteroatoms. The summed E-state index contributed by atoms with van der Waals surface area (Å²) in [5.41, 5.74) is 0. The Hall–Kier alpha value is 0.415. The first kappa shape index (κ1) is 7.41. The molecule has 0 saturated heterocycles. The number of unbranched alkanes of at least 4 members (excludes halogenated alkanes) is 2. The lowest BCUT2D eigenvalue weighted by Gasteiger charge is -1.89. The minimum Gasteiger partial charge on any atom is -0.235 e. The molecule has 1 radical (unpaired) electrons. The summed E-state index contributed by atoms with van der Waals surface area (Å²) in [5.74, 6) is 0. The lowest BCUT2D eigenvalue weighted by Crippen LogP contribution is -1.76. The average Bonchev–Trinajstić information content (AvgIpc) is 1.69. The van der Waals surface area contributed by atoms with Crippen molar-refractivity contribution < 1.29 is 0 Å². The highest BCUT2D eigenvalue weighted by Crippen LogP contribution is 1.98. The molecule has 0 aliphatic rings. The van der Waals surface area contributed by atoms with Gasteiger partial charge in [-0.3, -0.25) is 0 Å². The quantitative estimate of drug-likeness (QED) is 0.324. The predicted octanol–water partition coefficient (Wildman–Crippen LogP) is 2.14. The lowest BCUT2D eigenvalue weighted by atomic mass is 9.98. The Kier molecular flexibility index (Phi) is 6.80. The molecule has 0 unspecified atom stereocenters. The zero-order valence-electron chi connectivity index (χ0n) is 4.85. The topological polar surface area (TPSA) is 0 Å². The smallest absolute Gasteiger partial charge is 0.187 e. The second kappa shape index (κ2) is 6.41. The fourth-order valence-electron chi connectivity index (χ4n) is 0.486. The van der Waals surface area contributed by atoms with E-state index in [4.69, 9.17) is 0 Å². The van der Waals surface area contributed by atoms with Gasteiger partial charge < -0.3 is 0 Å². The van der Waals surface area contributed by atoms with E-state index in [0.717, 1.165) is 6.32 Å². The third kappa shape index (κ3) is 6.41. The van der Waals surface area contributed by atoms with E-state index >= 15 is 0 Å². The van der Waals surface area contributed by atoms with E-state index in [1.165, 1.54) is 19.3 Å². The van der Waals surface area contributed by atoms with Crippen molar-refractivity contribution >= 4 is 19.0 Å². The monoisotopic (exact) mass is 115 g/mol. The van der Waals surface area contributed by atoms with Gasteiger partial charge in [-0.05, 0) is 0 Å². The van der Waals surface area contributed by atoms with Crippen molar-refractivity contribution in [2.24, 2.45) is 0 Å². The van der Waals surface area contributed by atoms with Gasteiger partial charge in [0, 0.05) is 0 Å². The zero-order chi connectivity index (χ0) is 5.54. The average molecular weight is 115 g/mol. The van der Waals surface area contributed by atoms with Gasteiger partial charge in [0.25, 0.3) is 0 Å². The Morgan fingerprint density at radius 3 is 2.57 bits per heavy atom. The molecule has 0 atom stereocenters. The summed E-state index contributed by atoms with van der Waals surface area (Å²) >= 11 is 3.97. The number of hydrogen-bond acceptors (Lipinski definition) is 1. The third-order valence-corrected chi connectivity index (χ3v) is 1.19. The highest BCUT2D eigenvalue weighted by Gasteiger charge is 1.82. The van der Waals surface area contributed by atoms with Crippen LogP contribution in [0.4, 0.5) is 0 Å². The maximum absolute atomic E-state index is 3.97. The molecule has 0 amide bonds. The fraction of sp³-hybridized carbons (Fsp3) is 1.00. The third-order valence-electron chi connectivity index (χ3n) is 0.937. The normalized spacial score (nSPS) is 8.86. The van der Waals surface area contributed by atoms with E-state index in [9.17, 15) is 0 Å². The van der Waals surface area contributed by atoms with Crippen LogP contribution in [0.1, 0.15) is 26.2 Å². The summed E-state index contributed by atoms with van der Waals surface area (Å²) in [6.45, 7) is 4.13. The minimum atomic E-state index is 1.16. The Morgan fingerprint density at radius 1 is 1.43 bits per heavy atom. The van der Waals surface area contributed by atoms with E-state index in [1.54, 1.807) is 0 Å². The van der Waals surface area contributed by atoms with Crippen molar-refractivity contribution in [3.63, 3.8) is 0 Å². The fourth-order valence-corrected chi connectivity index (χ4v) is 0.668. The molecular weight excluding hydrogens is 103 g/mol. The molecule has 0 rings (SSSR count). The molecular formula is C5H12BS. The molecule has 0 bridgehead atoms. The Morgan fingerprint density at radius 2 is 2.14 bits per heavy atom. The largest absolute Gasteiger partial charge is 0.235 e. The summed E-state index contributed by atoms with van der Waals surface area (Å²) in [7, 11) is 0. The number of thiol groups is 1. The van der Waals surface area contributed by atoms with E-state index < -0.39 is 0 Å². The van der Waals surface area contributed by atoms with Crippen LogP contribution in [0, 0.1) is 0 Å². The second-order valence-electron chi connectivity index (χ2n) is 1.68. The van der Waals surface area contributed by atoms with Crippen LogP contribution in [0.15, 0.2) is 0 Å². The van der Waals surface area contributed by atoms with E-state index in [-0.39, 0.29) is 0 Å². The van der Waals surface area contributed by atoms with Crippen molar-refractivity contribution in [2.75, 3.05) is 0 Å². The summed E-state index contributed by atoms with van der Waals surface area (Å²) in [6.07, 6.45) is 5.12. The Labute approximate surface area is 52.2 Å². The summed E-state index contributed by atoms with van der Waals surface area (Å²) in [5, 5.41) is 0. The molecule has 7 heavy (non-hydrogen) atoms. The van der Waals surface area contributed by atoms with Crippen molar-refractivity contribution in [2.45, 2.75) is 32.5 Å². The van der Waals surface area contributed by atoms with Gasteiger partial charge in [-0.2, -0.15) is 0 Å². The van der Waals surface area contributed by atoms with Gasteiger partial charge in [0.2, 0.25) is 0 Å². The molecule has 0 aliphatic heterocycles. The molecule has 0 spiro atoms. The second-order valence-corrected chi connectivity index (χ2v) is 2.04. The summed E-state index contributed by atoms with van der Waals surface area (Å²) in [6, 6.07) is 0. The first-order valence-corrected chi connectivity index (χ1v) is 3.39. The van der Waals surface area contributed by atoms with E-state index in [1.807, 2.05) is 6.56 Å². The molecule has 0 fully saturated rings. The first-order chi connectivity index (χ1) is 3.41.